The standard InChI is InChI=1S/C31H48O3/c1-26(2)15-17-31(25(33)34-8)18-16-29(6)20(21(31)19-26)9-10-23-28(5)13-12-24(32)27(3,4)22(28)11-14-30(23,29)7/h9,21-23H,10-19H2,1-8H3/t21-,22-,23+,28-,29+,30+,31-/m0/s1. The summed E-state index contributed by atoms with van der Waals surface area (Å²) in [4.78, 5) is 26.3. The second-order valence-electron chi connectivity index (χ2n) is 15.0. The lowest BCUT2D eigenvalue weighted by Gasteiger charge is -2.70. The first-order valence-electron chi connectivity index (χ1n) is 14.0. The van der Waals surface area contributed by atoms with Crippen molar-refractivity contribution in [1.82, 2.24) is 0 Å². The van der Waals surface area contributed by atoms with Crippen molar-refractivity contribution < 1.29 is 14.3 Å². The molecule has 4 saturated carbocycles. The van der Waals surface area contributed by atoms with Gasteiger partial charge in [0, 0.05) is 11.8 Å². The van der Waals surface area contributed by atoms with E-state index < -0.39 is 0 Å². The summed E-state index contributed by atoms with van der Waals surface area (Å²) < 4.78 is 5.48. The van der Waals surface area contributed by atoms with Crippen molar-refractivity contribution in [3.05, 3.63) is 11.6 Å². The van der Waals surface area contributed by atoms with Crippen LogP contribution in [0.2, 0.25) is 0 Å². The number of rotatable bonds is 1. The van der Waals surface area contributed by atoms with Gasteiger partial charge in [-0.05, 0) is 97.2 Å². The largest absolute Gasteiger partial charge is 0.469 e. The van der Waals surface area contributed by atoms with Crippen LogP contribution in [0.3, 0.4) is 0 Å². The Labute approximate surface area is 207 Å². The smallest absolute Gasteiger partial charge is 0.312 e. The van der Waals surface area contributed by atoms with Crippen LogP contribution in [0.4, 0.5) is 0 Å². The Morgan fingerprint density at radius 1 is 0.912 bits per heavy atom. The van der Waals surface area contributed by atoms with Gasteiger partial charge in [0.05, 0.1) is 12.5 Å². The molecule has 5 aliphatic carbocycles. The molecule has 5 aliphatic rings. The number of Topliss-reactive ketones (excluding diaryl/α,β-unsaturated/α-hetero) is 1. The monoisotopic (exact) mass is 468 g/mol. The SMILES string of the molecule is COC(=O)[C@]12CCC(C)(C)C[C@H]1C1=CC[C@@H]3[C@@]4(C)CCC(=O)C(C)(C)[C@@H]4CC[C@@]3(C)[C@]1(C)CC2. The van der Waals surface area contributed by atoms with Crippen LogP contribution in [-0.4, -0.2) is 18.9 Å². The van der Waals surface area contributed by atoms with Crippen molar-refractivity contribution in [3.8, 4) is 0 Å². The molecule has 0 radical (unpaired) electrons. The predicted molar refractivity (Wildman–Crippen MR) is 136 cm³/mol. The highest BCUT2D eigenvalue weighted by molar-refractivity contribution is 5.85. The second-order valence-corrected chi connectivity index (χ2v) is 15.0. The number of hydrogen-bond acceptors (Lipinski definition) is 3. The van der Waals surface area contributed by atoms with Gasteiger partial charge in [0.2, 0.25) is 0 Å². The first-order chi connectivity index (χ1) is 15.7. The van der Waals surface area contributed by atoms with Gasteiger partial charge in [-0.2, -0.15) is 0 Å². The van der Waals surface area contributed by atoms with Gasteiger partial charge in [0.25, 0.3) is 0 Å². The summed E-state index contributed by atoms with van der Waals surface area (Å²) in [5.74, 6) is 1.88. The van der Waals surface area contributed by atoms with Gasteiger partial charge in [-0.25, -0.2) is 0 Å². The van der Waals surface area contributed by atoms with E-state index in [1.54, 1.807) is 12.7 Å². The lowest BCUT2D eigenvalue weighted by atomic mass is 9.33. The molecule has 3 heteroatoms. The third-order valence-corrected chi connectivity index (χ3v) is 13.0. The Balaban J connectivity index is 1.60. The van der Waals surface area contributed by atoms with Crippen LogP contribution in [-0.2, 0) is 14.3 Å². The first kappa shape index (κ1) is 24.6. The zero-order chi connectivity index (χ0) is 24.9. The van der Waals surface area contributed by atoms with Crippen LogP contribution in [0.5, 0.6) is 0 Å². The molecule has 0 heterocycles. The topological polar surface area (TPSA) is 43.4 Å². The number of hydrogen-bond donors (Lipinski definition) is 0. The van der Waals surface area contributed by atoms with Crippen LogP contribution in [0.15, 0.2) is 11.6 Å². The maximum Gasteiger partial charge on any atom is 0.312 e. The van der Waals surface area contributed by atoms with Crippen molar-refractivity contribution in [2.24, 2.45) is 50.2 Å². The maximum atomic E-state index is 13.3. The van der Waals surface area contributed by atoms with E-state index in [2.05, 4.69) is 54.5 Å². The van der Waals surface area contributed by atoms with Gasteiger partial charge in [0.15, 0.2) is 0 Å². The molecule has 3 nitrogen and oxygen atoms in total. The molecule has 0 aliphatic heterocycles. The molecule has 0 aromatic rings. The zero-order valence-electron chi connectivity index (χ0n) is 23.1. The van der Waals surface area contributed by atoms with E-state index in [1.165, 1.54) is 6.42 Å². The van der Waals surface area contributed by atoms with Crippen LogP contribution in [0.25, 0.3) is 0 Å². The average Bonchev–Trinajstić information content (AvgIpc) is 2.76. The summed E-state index contributed by atoms with van der Waals surface area (Å²) in [7, 11) is 1.59. The molecule has 7 atom stereocenters. The quantitative estimate of drug-likeness (QED) is 0.295. The number of carbonyl (C=O) groups is 2. The number of fused-ring (bicyclic) bond motifs is 7. The summed E-state index contributed by atoms with van der Waals surface area (Å²) in [6, 6.07) is 0. The summed E-state index contributed by atoms with van der Waals surface area (Å²) in [6.45, 7) is 16.9. The minimum atomic E-state index is -0.334. The van der Waals surface area contributed by atoms with Crippen LogP contribution < -0.4 is 0 Å². The second kappa shape index (κ2) is 7.22. The van der Waals surface area contributed by atoms with Gasteiger partial charge in [-0.15, -0.1) is 0 Å². The van der Waals surface area contributed by atoms with E-state index in [9.17, 15) is 9.59 Å². The first-order valence-corrected chi connectivity index (χ1v) is 14.0. The average molecular weight is 469 g/mol. The lowest BCUT2D eigenvalue weighted by Crippen LogP contribution is -2.64. The van der Waals surface area contributed by atoms with E-state index in [4.69, 9.17) is 4.74 Å². The summed E-state index contributed by atoms with van der Waals surface area (Å²) in [5.41, 5.74) is 1.84. The van der Waals surface area contributed by atoms with Crippen molar-refractivity contribution in [1.29, 1.82) is 0 Å². The Hall–Kier alpha value is -1.12. The van der Waals surface area contributed by atoms with E-state index in [-0.39, 0.29) is 38.5 Å². The predicted octanol–water partition coefficient (Wildman–Crippen LogP) is 7.53. The Kier molecular flexibility index (Phi) is 5.22. The molecule has 34 heavy (non-hydrogen) atoms. The molecule has 0 unspecified atom stereocenters. The molecule has 0 N–H and O–H groups in total. The fourth-order valence-corrected chi connectivity index (χ4v) is 10.6. The fourth-order valence-electron chi connectivity index (χ4n) is 10.6. The zero-order valence-corrected chi connectivity index (χ0v) is 23.1. The highest BCUT2D eigenvalue weighted by Gasteiger charge is 2.69. The van der Waals surface area contributed by atoms with Gasteiger partial charge in [-0.3, -0.25) is 9.59 Å². The Morgan fingerprint density at radius 2 is 1.59 bits per heavy atom. The Morgan fingerprint density at radius 3 is 2.26 bits per heavy atom. The van der Waals surface area contributed by atoms with E-state index in [0.717, 1.165) is 57.8 Å². The van der Waals surface area contributed by atoms with Crippen molar-refractivity contribution in [2.75, 3.05) is 7.11 Å². The van der Waals surface area contributed by atoms with E-state index >= 15 is 0 Å². The van der Waals surface area contributed by atoms with E-state index in [1.807, 2.05) is 0 Å². The Bertz CT molecular complexity index is 942. The fraction of sp³-hybridized carbons (Fsp3) is 0.871. The third kappa shape index (κ3) is 2.88. The van der Waals surface area contributed by atoms with Crippen LogP contribution in [0.1, 0.15) is 113 Å². The molecule has 0 aromatic heterocycles. The van der Waals surface area contributed by atoms with E-state index in [0.29, 0.717) is 23.5 Å². The highest BCUT2D eigenvalue weighted by atomic mass is 16.5. The number of methoxy groups -OCH3 is 1. The molecule has 0 bridgehead atoms. The lowest BCUT2D eigenvalue weighted by molar-refractivity contribution is -0.190. The summed E-state index contributed by atoms with van der Waals surface area (Å²) in [5, 5.41) is 0. The summed E-state index contributed by atoms with van der Waals surface area (Å²) >= 11 is 0. The molecule has 0 saturated heterocycles. The number of ketones is 1. The van der Waals surface area contributed by atoms with Crippen molar-refractivity contribution in [2.45, 2.75) is 113 Å². The molecule has 0 spiro atoms. The number of ether oxygens (including phenoxy) is 1. The minimum Gasteiger partial charge on any atom is -0.469 e. The summed E-state index contributed by atoms with van der Waals surface area (Å²) in [6.07, 6.45) is 13.0. The highest BCUT2D eigenvalue weighted by Crippen LogP contribution is 2.75. The van der Waals surface area contributed by atoms with Gasteiger partial charge in [-0.1, -0.05) is 60.1 Å². The molecule has 0 amide bonds. The third-order valence-electron chi connectivity index (χ3n) is 13.0. The number of esters is 1. The maximum absolute atomic E-state index is 13.3. The number of carbonyl (C=O) groups excluding carboxylic acids is 2. The van der Waals surface area contributed by atoms with Crippen LogP contribution >= 0.6 is 0 Å². The molecule has 0 aromatic carbocycles. The number of allylic oxidation sites excluding steroid dienone is 2. The van der Waals surface area contributed by atoms with Gasteiger partial charge >= 0.3 is 5.97 Å². The van der Waals surface area contributed by atoms with Crippen LogP contribution in [0, 0.1) is 50.2 Å². The molecule has 4 fully saturated rings. The minimum absolute atomic E-state index is 0.0337. The molecule has 5 rings (SSSR count). The normalized spacial score (nSPS) is 49.0. The molecular formula is C31H48O3. The van der Waals surface area contributed by atoms with Crippen molar-refractivity contribution in [3.63, 3.8) is 0 Å². The molecule has 190 valence electrons. The van der Waals surface area contributed by atoms with Gasteiger partial charge in [0.1, 0.15) is 5.78 Å². The molecular weight excluding hydrogens is 420 g/mol. The van der Waals surface area contributed by atoms with Gasteiger partial charge < -0.3 is 4.74 Å². The van der Waals surface area contributed by atoms with Crippen molar-refractivity contribution >= 4 is 11.8 Å².